The van der Waals surface area contributed by atoms with Gasteiger partial charge in [-0.3, -0.25) is 0 Å². The minimum absolute atomic E-state index is 0.114. The van der Waals surface area contributed by atoms with Gasteiger partial charge < -0.3 is 10.1 Å². The number of alkyl halides is 1. The lowest BCUT2D eigenvalue weighted by Gasteiger charge is -2.27. The van der Waals surface area contributed by atoms with E-state index in [-0.39, 0.29) is 17.5 Å². The maximum atomic E-state index is 6.31. The minimum Gasteiger partial charge on any atom is -0.475 e. The molecule has 0 amide bonds. The highest BCUT2D eigenvalue weighted by molar-refractivity contribution is 6.21. The van der Waals surface area contributed by atoms with Crippen molar-refractivity contribution in [1.82, 2.24) is 9.97 Å². The third kappa shape index (κ3) is 3.73. The molecule has 1 heterocycles. The van der Waals surface area contributed by atoms with Gasteiger partial charge in [-0.15, -0.1) is 11.6 Å². The Kier molecular flexibility index (Phi) is 4.64. The second kappa shape index (κ2) is 6.23. The molecule has 0 aromatic carbocycles. The molecule has 0 saturated heterocycles. The third-order valence-corrected chi connectivity index (χ3v) is 3.50. The van der Waals surface area contributed by atoms with Gasteiger partial charge in [0.15, 0.2) is 0 Å². The molecular formula is C13H20ClN3O. The van der Waals surface area contributed by atoms with E-state index < -0.39 is 0 Å². The Morgan fingerprint density at radius 2 is 2.17 bits per heavy atom. The first kappa shape index (κ1) is 13.4. The first-order chi connectivity index (χ1) is 8.65. The van der Waals surface area contributed by atoms with Gasteiger partial charge in [0.1, 0.15) is 0 Å². The molecule has 2 unspecified atom stereocenters. The van der Waals surface area contributed by atoms with Gasteiger partial charge in [-0.25, -0.2) is 4.98 Å². The zero-order valence-electron chi connectivity index (χ0n) is 10.9. The summed E-state index contributed by atoms with van der Waals surface area (Å²) in [6.07, 6.45) is 6.38. The minimum atomic E-state index is 0.114. The second-order valence-corrected chi connectivity index (χ2v) is 5.50. The molecule has 1 fully saturated rings. The summed E-state index contributed by atoms with van der Waals surface area (Å²) in [6, 6.07) is 2.03. The van der Waals surface area contributed by atoms with E-state index in [1.807, 2.05) is 13.8 Å². The van der Waals surface area contributed by atoms with Gasteiger partial charge in [0.05, 0.1) is 11.5 Å². The fraction of sp³-hybridized carbons (Fsp3) is 0.692. The molecule has 0 aliphatic heterocycles. The number of anilines is 1. The zero-order valence-corrected chi connectivity index (χ0v) is 11.7. The number of ether oxygens (including phenoxy) is 1. The summed E-state index contributed by atoms with van der Waals surface area (Å²) < 4.78 is 5.55. The van der Waals surface area contributed by atoms with Gasteiger partial charge in [-0.2, -0.15) is 4.98 Å². The van der Waals surface area contributed by atoms with Crippen LogP contribution in [0.15, 0.2) is 12.3 Å². The van der Waals surface area contributed by atoms with Gasteiger partial charge >= 0.3 is 0 Å². The SMILES string of the molecule is CC(C)Oc1ccnc(NC2CCCCC2Cl)n1. The maximum Gasteiger partial charge on any atom is 0.226 e. The van der Waals surface area contributed by atoms with E-state index in [2.05, 4.69) is 15.3 Å². The fourth-order valence-electron chi connectivity index (χ4n) is 2.13. The molecule has 0 spiro atoms. The van der Waals surface area contributed by atoms with Gasteiger partial charge in [0, 0.05) is 18.3 Å². The van der Waals surface area contributed by atoms with E-state index in [1.54, 1.807) is 12.3 Å². The molecule has 100 valence electrons. The van der Waals surface area contributed by atoms with Gasteiger partial charge in [-0.05, 0) is 26.7 Å². The Morgan fingerprint density at radius 1 is 1.39 bits per heavy atom. The van der Waals surface area contributed by atoms with Crippen LogP contribution in [0.25, 0.3) is 0 Å². The first-order valence-corrected chi connectivity index (χ1v) is 6.99. The predicted octanol–water partition coefficient (Wildman–Crippen LogP) is 3.23. The first-order valence-electron chi connectivity index (χ1n) is 6.55. The Balaban J connectivity index is 1.99. The maximum absolute atomic E-state index is 6.31. The van der Waals surface area contributed by atoms with Crippen LogP contribution in [0.2, 0.25) is 0 Å². The van der Waals surface area contributed by atoms with E-state index in [1.165, 1.54) is 12.8 Å². The Labute approximate surface area is 113 Å². The molecule has 1 aromatic heterocycles. The third-order valence-electron chi connectivity index (χ3n) is 2.98. The van der Waals surface area contributed by atoms with Gasteiger partial charge in [0.25, 0.3) is 0 Å². The summed E-state index contributed by atoms with van der Waals surface area (Å²) in [6.45, 7) is 3.95. The Bertz CT molecular complexity index is 386. The van der Waals surface area contributed by atoms with Crippen LogP contribution in [-0.4, -0.2) is 27.5 Å². The summed E-state index contributed by atoms with van der Waals surface area (Å²) >= 11 is 6.31. The van der Waals surface area contributed by atoms with E-state index in [9.17, 15) is 0 Å². The highest BCUT2D eigenvalue weighted by atomic mass is 35.5. The average molecular weight is 270 g/mol. The molecule has 1 aliphatic rings. The number of aromatic nitrogens is 2. The number of halogens is 1. The molecule has 0 radical (unpaired) electrons. The normalized spacial score (nSPS) is 24.0. The lowest BCUT2D eigenvalue weighted by molar-refractivity contribution is 0.232. The van der Waals surface area contributed by atoms with Crippen molar-refractivity contribution in [3.05, 3.63) is 12.3 Å². The topological polar surface area (TPSA) is 47.0 Å². The zero-order chi connectivity index (χ0) is 13.0. The van der Waals surface area contributed by atoms with Crippen LogP contribution in [-0.2, 0) is 0 Å². The molecular weight excluding hydrogens is 250 g/mol. The van der Waals surface area contributed by atoms with E-state index in [0.29, 0.717) is 11.8 Å². The van der Waals surface area contributed by atoms with Gasteiger partial charge in [0.2, 0.25) is 11.8 Å². The number of rotatable bonds is 4. The van der Waals surface area contributed by atoms with Crippen molar-refractivity contribution in [2.45, 2.75) is 57.1 Å². The fourth-order valence-corrected chi connectivity index (χ4v) is 2.48. The van der Waals surface area contributed by atoms with Crippen molar-refractivity contribution in [1.29, 1.82) is 0 Å². The van der Waals surface area contributed by atoms with Crippen LogP contribution < -0.4 is 10.1 Å². The molecule has 5 heteroatoms. The van der Waals surface area contributed by atoms with Crippen molar-refractivity contribution in [3.63, 3.8) is 0 Å². The monoisotopic (exact) mass is 269 g/mol. The highest BCUT2D eigenvalue weighted by Gasteiger charge is 2.23. The van der Waals surface area contributed by atoms with Crippen LogP contribution in [0.1, 0.15) is 39.5 Å². The van der Waals surface area contributed by atoms with Crippen molar-refractivity contribution in [2.24, 2.45) is 0 Å². The number of nitrogens with zero attached hydrogens (tertiary/aromatic N) is 2. The van der Waals surface area contributed by atoms with Crippen molar-refractivity contribution in [2.75, 3.05) is 5.32 Å². The molecule has 1 aliphatic carbocycles. The lowest BCUT2D eigenvalue weighted by atomic mass is 9.95. The van der Waals surface area contributed by atoms with Crippen molar-refractivity contribution < 1.29 is 4.74 Å². The van der Waals surface area contributed by atoms with E-state index in [0.717, 1.165) is 12.8 Å². The highest BCUT2D eigenvalue weighted by Crippen LogP contribution is 2.25. The van der Waals surface area contributed by atoms with Gasteiger partial charge in [-0.1, -0.05) is 12.8 Å². The van der Waals surface area contributed by atoms with Crippen LogP contribution >= 0.6 is 11.6 Å². The Morgan fingerprint density at radius 3 is 2.89 bits per heavy atom. The summed E-state index contributed by atoms with van der Waals surface area (Å²) in [5.41, 5.74) is 0. The van der Waals surface area contributed by atoms with Crippen molar-refractivity contribution in [3.8, 4) is 5.88 Å². The summed E-state index contributed by atoms with van der Waals surface area (Å²) in [5, 5.41) is 3.47. The van der Waals surface area contributed by atoms with Crippen molar-refractivity contribution >= 4 is 17.5 Å². The molecule has 4 nitrogen and oxygen atoms in total. The number of hydrogen-bond donors (Lipinski definition) is 1. The summed E-state index contributed by atoms with van der Waals surface area (Å²) in [7, 11) is 0. The summed E-state index contributed by atoms with van der Waals surface area (Å²) in [4.78, 5) is 8.55. The van der Waals surface area contributed by atoms with E-state index >= 15 is 0 Å². The largest absolute Gasteiger partial charge is 0.475 e. The molecule has 1 aromatic rings. The quantitative estimate of drug-likeness (QED) is 0.853. The van der Waals surface area contributed by atoms with Crippen LogP contribution in [0.4, 0.5) is 5.95 Å². The lowest BCUT2D eigenvalue weighted by Crippen LogP contribution is -2.33. The molecule has 2 rings (SSSR count). The van der Waals surface area contributed by atoms with Crippen LogP contribution in [0.5, 0.6) is 5.88 Å². The predicted molar refractivity (Wildman–Crippen MR) is 73.3 cm³/mol. The molecule has 1 saturated carbocycles. The smallest absolute Gasteiger partial charge is 0.226 e. The molecule has 1 N–H and O–H groups in total. The number of nitrogens with one attached hydrogen (secondary N) is 1. The average Bonchev–Trinajstić information content (AvgIpc) is 2.32. The van der Waals surface area contributed by atoms with E-state index in [4.69, 9.17) is 16.3 Å². The standard InChI is InChI=1S/C13H20ClN3O/c1-9(2)18-12-7-8-15-13(17-12)16-11-6-4-3-5-10(11)14/h7-11H,3-6H2,1-2H3,(H,15,16,17). The Hall–Kier alpha value is -1.03. The van der Waals surface area contributed by atoms with Crippen LogP contribution in [0, 0.1) is 0 Å². The van der Waals surface area contributed by atoms with Crippen LogP contribution in [0.3, 0.4) is 0 Å². The molecule has 2 atom stereocenters. The number of hydrogen-bond acceptors (Lipinski definition) is 4. The second-order valence-electron chi connectivity index (χ2n) is 4.94. The molecule has 0 bridgehead atoms. The molecule has 18 heavy (non-hydrogen) atoms. The summed E-state index contributed by atoms with van der Waals surface area (Å²) in [5.74, 6) is 1.20.